The molecular weight excluding hydrogens is 757 g/mol. The number of primary amides is 1. The molecule has 17 nitrogen and oxygen atoms in total. The number of carbonyl (C=O) groups is 5. The lowest BCUT2D eigenvalue weighted by Gasteiger charge is -2.26. The van der Waals surface area contributed by atoms with Gasteiger partial charge in [0, 0.05) is 36.7 Å². The molecule has 0 aliphatic heterocycles. The second-order valence-electron chi connectivity index (χ2n) is 12.9. The van der Waals surface area contributed by atoms with Gasteiger partial charge in [0.15, 0.2) is 11.9 Å². The molecule has 0 aromatic heterocycles. The molecule has 0 saturated carbocycles. The number of nitrogens with one attached hydrogen (secondary N) is 5. The molecule has 0 saturated heterocycles. The molecule has 0 aliphatic rings. The topological polar surface area (TPSA) is 300 Å². The Labute approximate surface area is 336 Å². The van der Waals surface area contributed by atoms with E-state index in [0.29, 0.717) is 18.5 Å². The molecule has 5 amide bonds. The van der Waals surface area contributed by atoms with Crippen molar-refractivity contribution in [2.24, 2.45) is 38.7 Å². The summed E-state index contributed by atoms with van der Waals surface area (Å²) in [5.74, 6) is -3.89. The summed E-state index contributed by atoms with van der Waals surface area (Å²) in [5.41, 5.74) is 28.9. The molecule has 15 N–H and O–H groups in total. The lowest BCUT2D eigenvalue weighted by molar-refractivity contribution is -0.134. The Morgan fingerprint density at radius 2 is 1.02 bits per heavy atom. The average molecular weight is 809 g/mol. The third-order valence-corrected chi connectivity index (χ3v) is 9.23. The molecule has 19 heteroatoms. The van der Waals surface area contributed by atoms with Crippen LogP contribution in [-0.4, -0.2) is 96.3 Å². The van der Waals surface area contributed by atoms with Crippen molar-refractivity contribution in [3.05, 3.63) is 78.4 Å². The van der Waals surface area contributed by atoms with Crippen molar-refractivity contribution >= 4 is 83.2 Å². The number of fused-ring (bicyclic) bond motifs is 1. The quantitative estimate of drug-likeness (QED) is 0.0246. The van der Waals surface area contributed by atoms with E-state index in [4.69, 9.17) is 28.7 Å². The number of hydrogen-bond donors (Lipinski definition) is 12. The first-order valence-corrected chi connectivity index (χ1v) is 19.2. The summed E-state index contributed by atoms with van der Waals surface area (Å²) in [5, 5.41) is 15.8. The first-order valence-electron chi connectivity index (χ1n) is 17.9. The number of thiol groups is 2. The summed E-state index contributed by atoms with van der Waals surface area (Å²) >= 11 is 8.56. The molecule has 3 aromatic rings. The standard InChI is InChI=1S/C37H52N12O5S2/c38-31(50)28(18-22-8-2-1-3-9-22)47-35(54)30(21-56)49-33(52)27(13-7-17-44-37(41)42)46-34(53)29(20-55)48-32(51)26(12-6-16-43-36(39)40)45-25-15-14-23-10-4-5-11-24(23)19-25/h1-5,8-11,14-15,19,26-30,45,55-56H,6-7,12-13,16-18,20-21H2,(H2,38,50)(H,46,53)(H,47,54)(H,48,51)(H,49,52)(H4,39,40,43)(H4,41,42,44)/t26-,27-,28-,29-,30-/m0/s1. The van der Waals surface area contributed by atoms with Gasteiger partial charge in [-0.05, 0) is 54.2 Å². The molecule has 0 heterocycles. The zero-order chi connectivity index (χ0) is 41.0. The van der Waals surface area contributed by atoms with Crippen molar-refractivity contribution in [2.75, 3.05) is 29.9 Å². The van der Waals surface area contributed by atoms with Crippen molar-refractivity contribution in [3.8, 4) is 0 Å². The Morgan fingerprint density at radius 1 is 0.554 bits per heavy atom. The fourth-order valence-electron chi connectivity index (χ4n) is 5.58. The van der Waals surface area contributed by atoms with Crippen LogP contribution in [0.3, 0.4) is 0 Å². The molecule has 0 bridgehead atoms. The van der Waals surface area contributed by atoms with Crippen molar-refractivity contribution in [1.82, 2.24) is 21.3 Å². The number of nitrogens with two attached hydrogens (primary N) is 5. The van der Waals surface area contributed by atoms with Gasteiger partial charge in [0.1, 0.15) is 30.2 Å². The number of carbonyl (C=O) groups excluding carboxylic acids is 5. The summed E-state index contributed by atoms with van der Waals surface area (Å²) < 4.78 is 0. The minimum absolute atomic E-state index is 0.0529. The Kier molecular flexibility index (Phi) is 18.6. The van der Waals surface area contributed by atoms with Crippen molar-refractivity contribution in [1.29, 1.82) is 0 Å². The normalized spacial score (nSPS) is 13.5. The van der Waals surface area contributed by atoms with Gasteiger partial charge in [-0.3, -0.25) is 34.0 Å². The minimum Gasteiger partial charge on any atom is -0.374 e. The monoisotopic (exact) mass is 808 g/mol. The fraction of sp³-hybridized carbons (Fsp3) is 0.378. The SMILES string of the molecule is NC(=O)[C@H](Cc1ccccc1)NC(=O)[C@H](CS)NC(=O)[C@H](CCCN=C(N)N)NC(=O)[C@H](CS)NC(=O)[C@H](CCCN=C(N)N)Nc1ccc2ccccc2c1. The lowest BCUT2D eigenvalue weighted by atomic mass is 10.0. The van der Waals surface area contributed by atoms with Crippen molar-refractivity contribution < 1.29 is 24.0 Å². The molecule has 5 atom stereocenters. The van der Waals surface area contributed by atoms with Gasteiger partial charge in [-0.25, -0.2) is 0 Å². The van der Waals surface area contributed by atoms with Gasteiger partial charge in [-0.15, -0.1) is 0 Å². The Bertz CT molecular complexity index is 1840. The van der Waals surface area contributed by atoms with Gasteiger partial charge >= 0.3 is 0 Å². The molecule has 0 spiro atoms. The van der Waals surface area contributed by atoms with E-state index in [1.807, 2.05) is 48.5 Å². The minimum atomic E-state index is -1.21. The summed E-state index contributed by atoms with van der Waals surface area (Å²) in [6.07, 6.45) is 1.20. The Balaban J connectivity index is 1.75. The predicted molar refractivity (Wildman–Crippen MR) is 226 cm³/mol. The number of nitrogens with zero attached hydrogens (tertiary/aromatic N) is 2. The first-order chi connectivity index (χ1) is 26.8. The lowest BCUT2D eigenvalue weighted by Crippen LogP contribution is -2.59. The maximum Gasteiger partial charge on any atom is 0.244 e. The van der Waals surface area contributed by atoms with Gasteiger partial charge in [0.05, 0.1) is 0 Å². The number of rotatable bonds is 23. The molecule has 56 heavy (non-hydrogen) atoms. The van der Waals surface area contributed by atoms with E-state index in [1.54, 1.807) is 24.3 Å². The van der Waals surface area contributed by atoms with E-state index in [9.17, 15) is 24.0 Å². The van der Waals surface area contributed by atoms with Crippen LogP contribution in [0.15, 0.2) is 82.8 Å². The molecule has 0 unspecified atom stereocenters. The molecule has 3 aromatic carbocycles. The van der Waals surface area contributed by atoms with Crippen LogP contribution in [0.25, 0.3) is 10.8 Å². The van der Waals surface area contributed by atoms with Crippen LogP contribution in [0.4, 0.5) is 5.69 Å². The van der Waals surface area contributed by atoms with E-state index < -0.39 is 59.7 Å². The highest BCUT2D eigenvalue weighted by molar-refractivity contribution is 7.80. The Hall–Kier alpha value is -5.69. The van der Waals surface area contributed by atoms with Gasteiger partial charge in [0.25, 0.3) is 0 Å². The molecule has 3 rings (SSSR count). The van der Waals surface area contributed by atoms with E-state index in [1.165, 1.54) is 0 Å². The number of benzene rings is 3. The highest BCUT2D eigenvalue weighted by Gasteiger charge is 2.31. The zero-order valence-electron chi connectivity index (χ0n) is 30.9. The fourth-order valence-corrected chi connectivity index (χ4v) is 6.09. The van der Waals surface area contributed by atoms with Crippen molar-refractivity contribution in [2.45, 2.75) is 62.3 Å². The van der Waals surface area contributed by atoms with Crippen LogP contribution in [0.2, 0.25) is 0 Å². The van der Waals surface area contributed by atoms with E-state index in [0.717, 1.165) is 16.3 Å². The molecular formula is C37H52N12O5S2. The smallest absolute Gasteiger partial charge is 0.244 e. The summed E-state index contributed by atoms with van der Waals surface area (Å²) in [4.78, 5) is 74.5. The second-order valence-corrected chi connectivity index (χ2v) is 13.6. The van der Waals surface area contributed by atoms with Crippen LogP contribution >= 0.6 is 25.3 Å². The maximum atomic E-state index is 13.7. The largest absolute Gasteiger partial charge is 0.374 e. The molecule has 0 radical (unpaired) electrons. The van der Waals surface area contributed by atoms with Crippen LogP contribution in [0, 0.1) is 0 Å². The predicted octanol–water partition coefficient (Wildman–Crippen LogP) is -0.746. The first kappa shape index (κ1) is 44.7. The van der Waals surface area contributed by atoms with Gasteiger partial charge in [-0.1, -0.05) is 60.7 Å². The third kappa shape index (κ3) is 15.2. The molecule has 0 fully saturated rings. The van der Waals surface area contributed by atoms with Crippen LogP contribution in [0.1, 0.15) is 31.2 Å². The Morgan fingerprint density at radius 3 is 1.55 bits per heavy atom. The van der Waals surface area contributed by atoms with Crippen LogP contribution in [-0.2, 0) is 30.4 Å². The summed E-state index contributed by atoms with van der Waals surface area (Å²) in [6, 6.07) is 17.0. The van der Waals surface area contributed by atoms with E-state index in [-0.39, 0.29) is 55.8 Å². The van der Waals surface area contributed by atoms with Gasteiger partial charge in [0.2, 0.25) is 29.5 Å². The third-order valence-electron chi connectivity index (χ3n) is 8.50. The maximum absolute atomic E-state index is 13.7. The summed E-state index contributed by atoms with van der Waals surface area (Å²) in [7, 11) is 0. The molecule has 0 aliphatic carbocycles. The summed E-state index contributed by atoms with van der Waals surface area (Å²) in [6.45, 7) is 0.424. The number of aliphatic imine (C=N–C) groups is 2. The molecule has 302 valence electrons. The van der Waals surface area contributed by atoms with Crippen LogP contribution < -0.4 is 55.3 Å². The number of anilines is 1. The van der Waals surface area contributed by atoms with Crippen LogP contribution in [0.5, 0.6) is 0 Å². The number of guanidine groups is 2. The van der Waals surface area contributed by atoms with Gasteiger partial charge in [-0.2, -0.15) is 25.3 Å². The highest BCUT2D eigenvalue weighted by Crippen LogP contribution is 2.20. The zero-order valence-corrected chi connectivity index (χ0v) is 32.7. The van der Waals surface area contributed by atoms with Gasteiger partial charge < -0.3 is 55.3 Å². The number of amides is 5. The average Bonchev–Trinajstić information content (AvgIpc) is 3.17. The van der Waals surface area contributed by atoms with E-state index in [2.05, 4.69) is 61.8 Å². The van der Waals surface area contributed by atoms with E-state index >= 15 is 0 Å². The second kappa shape index (κ2) is 23.3. The number of hydrogen-bond acceptors (Lipinski definition) is 10. The van der Waals surface area contributed by atoms with Crippen molar-refractivity contribution in [3.63, 3.8) is 0 Å². The highest BCUT2D eigenvalue weighted by atomic mass is 32.1.